The monoisotopic (exact) mass is 261 g/mol. The van der Waals surface area contributed by atoms with Crippen LogP contribution in [0.15, 0.2) is 0 Å². The highest BCUT2D eigenvalue weighted by molar-refractivity contribution is 6.95. The van der Waals surface area contributed by atoms with Crippen molar-refractivity contribution in [2.24, 2.45) is 0 Å². The van der Waals surface area contributed by atoms with Crippen molar-refractivity contribution in [2.75, 3.05) is 0 Å². The molecule has 0 aliphatic heterocycles. The lowest BCUT2D eigenvalue weighted by atomic mass is 11.9. The Hall–Kier alpha value is 0.788. The van der Waals surface area contributed by atoms with Gasteiger partial charge in [0.15, 0.2) is 8.40 Å². The van der Waals surface area contributed by atoms with E-state index >= 15 is 0 Å². The van der Waals surface area contributed by atoms with Crippen LogP contribution in [0.5, 0.6) is 0 Å². The van der Waals surface area contributed by atoms with E-state index in [1.807, 2.05) is 0 Å². The van der Waals surface area contributed by atoms with Crippen LogP contribution in [0.4, 0.5) is 0 Å². The maximum absolute atomic E-state index is 3.90. The summed E-state index contributed by atoms with van der Waals surface area (Å²) in [5, 5.41) is 0. The number of hydrogen-bond acceptors (Lipinski definition) is 2. The van der Waals surface area contributed by atoms with E-state index in [2.05, 4.69) is 60.9 Å². The van der Waals surface area contributed by atoms with Crippen LogP contribution >= 0.6 is 0 Å². The molecule has 0 aliphatic rings. The summed E-state index contributed by atoms with van der Waals surface area (Å²) in [5.74, 6) is 0. The Balaban J connectivity index is 4.62. The maximum Gasteiger partial charge on any atom is 0.177 e. The first-order valence-electron chi connectivity index (χ1n) is 5.17. The zero-order chi connectivity index (χ0) is 11.5. The van der Waals surface area contributed by atoms with Crippen LogP contribution in [0.2, 0.25) is 52.4 Å². The Kier molecular flexibility index (Phi) is 6.08. The van der Waals surface area contributed by atoms with Gasteiger partial charge in [0, 0.05) is 0 Å². The molecule has 0 fully saturated rings. The van der Waals surface area contributed by atoms with Crippen molar-refractivity contribution in [3.63, 3.8) is 0 Å². The molecular weight excluding hydrogens is 236 g/mol. The van der Waals surface area contributed by atoms with Crippen molar-refractivity contribution < 1.29 is 0 Å². The summed E-state index contributed by atoms with van der Waals surface area (Å²) in [6, 6.07) is 0. The van der Waals surface area contributed by atoms with E-state index in [4.69, 9.17) is 0 Å². The summed E-state index contributed by atoms with van der Waals surface area (Å²) in [6.07, 6.45) is 0. The first-order valence-corrected chi connectivity index (χ1v) is 15.5. The lowest BCUT2D eigenvalue weighted by molar-refractivity contribution is 0.927. The van der Waals surface area contributed by atoms with Gasteiger partial charge in [0.05, 0.1) is 0 Å². The highest BCUT2D eigenvalue weighted by Crippen LogP contribution is 2.12. The molecule has 0 heterocycles. The van der Waals surface area contributed by atoms with Crippen molar-refractivity contribution in [3.8, 4) is 0 Å². The van der Waals surface area contributed by atoms with Gasteiger partial charge in [-0.05, 0) is 13.1 Å². The highest BCUT2D eigenvalue weighted by Gasteiger charge is 2.34. The molecule has 0 aromatic rings. The minimum atomic E-state index is -1.30. The third kappa shape index (κ3) is 4.54. The molecule has 83 valence electrons. The smallest absolute Gasteiger partial charge is 0.177 e. The minimum absolute atomic E-state index is 0.280. The van der Waals surface area contributed by atoms with Gasteiger partial charge in [0.1, 0.15) is 26.9 Å². The van der Waals surface area contributed by atoms with E-state index in [0.717, 1.165) is 0 Å². The van der Waals surface area contributed by atoms with E-state index in [1.54, 1.807) is 0 Å². The second kappa shape index (κ2) is 5.76. The quantitative estimate of drug-likeness (QED) is 0.764. The summed E-state index contributed by atoms with van der Waals surface area (Å²) in [7, 11) is -2.16. The molecule has 0 spiro atoms. The molecule has 2 nitrogen and oxygen atoms in total. The minimum Gasteiger partial charge on any atom is -0.359 e. The van der Waals surface area contributed by atoms with Crippen LogP contribution in [0, 0.1) is 0 Å². The fourth-order valence-electron chi connectivity index (χ4n) is 2.23. The van der Waals surface area contributed by atoms with Gasteiger partial charge in [0.25, 0.3) is 0 Å². The molecule has 0 unspecified atom stereocenters. The van der Waals surface area contributed by atoms with Crippen molar-refractivity contribution in [3.05, 3.63) is 0 Å². The van der Waals surface area contributed by atoms with E-state index in [1.165, 1.54) is 0 Å². The zero-order valence-corrected chi connectivity index (χ0v) is 14.9. The van der Waals surface area contributed by atoms with Crippen LogP contribution in [0.25, 0.3) is 0 Å². The summed E-state index contributed by atoms with van der Waals surface area (Å²) in [5.41, 5.74) is 0. The standard InChI is InChI=1S/C8H25N2Si4/c1-11(2)9-14(7,8)10(12(3)4)13(5)6/h9H,1-8H3. The van der Waals surface area contributed by atoms with Gasteiger partial charge in [-0.2, -0.15) is 0 Å². The number of nitrogens with one attached hydrogen (secondary N) is 1. The lowest BCUT2D eigenvalue weighted by Crippen LogP contribution is -2.69. The molecule has 0 saturated carbocycles. The number of rotatable bonds is 5. The van der Waals surface area contributed by atoms with E-state index < -0.39 is 8.40 Å². The molecule has 14 heavy (non-hydrogen) atoms. The van der Waals surface area contributed by atoms with Crippen molar-refractivity contribution in [1.82, 2.24) is 8.54 Å². The Bertz CT molecular complexity index is 163. The van der Waals surface area contributed by atoms with Crippen molar-refractivity contribution >= 4 is 35.3 Å². The Morgan fingerprint density at radius 3 is 1.43 bits per heavy atom. The maximum atomic E-state index is 3.90. The highest BCUT2D eigenvalue weighted by atomic mass is 28.5. The molecule has 0 aromatic carbocycles. The topological polar surface area (TPSA) is 15.3 Å². The molecule has 0 saturated heterocycles. The molecule has 3 radical (unpaired) electrons. The van der Waals surface area contributed by atoms with Gasteiger partial charge >= 0.3 is 0 Å². The first kappa shape index (κ1) is 14.8. The molecular formula is C8H25N2Si4. The molecule has 6 heteroatoms. The van der Waals surface area contributed by atoms with Gasteiger partial charge in [-0.3, -0.25) is 0 Å². The number of nitrogens with zero attached hydrogens (tertiary/aromatic N) is 1. The lowest BCUT2D eigenvalue weighted by Gasteiger charge is -2.43. The predicted octanol–water partition coefficient (Wildman–Crippen LogP) is 2.33. The molecule has 0 amide bonds. The third-order valence-electron chi connectivity index (χ3n) is 2.01. The third-order valence-corrected chi connectivity index (χ3v) is 18.1. The second-order valence-corrected chi connectivity index (χ2v) is 17.5. The van der Waals surface area contributed by atoms with Gasteiger partial charge < -0.3 is 8.54 Å². The summed E-state index contributed by atoms with van der Waals surface area (Å²) < 4.78 is 6.77. The van der Waals surface area contributed by atoms with Crippen molar-refractivity contribution in [2.45, 2.75) is 52.4 Å². The molecule has 0 atom stereocenters. The fourth-order valence-corrected chi connectivity index (χ4v) is 21.1. The summed E-state index contributed by atoms with van der Waals surface area (Å²) in [4.78, 5) is 0. The largest absolute Gasteiger partial charge is 0.359 e. The zero-order valence-electron chi connectivity index (χ0n) is 10.9. The van der Waals surface area contributed by atoms with Crippen LogP contribution in [0.3, 0.4) is 0 Å². The fraction of sp³-hybridized carbons (Fsp3) is 1.00. The Labute approximate surface area is 96.3 Å². The van der Waals surface area contributed by atoms with Gasteiger partial charge in [0.2, 0.25) is 0 Å². The van der Waals surface area contributed by atoms with E-state index in [-0.39, 0.29) is 26.9 Å². The van der Waals surface area contributed by atoms with Crippen LogP contribution in [-0.4, -0.2) is 39.2 Å². The van der Waals surface area contributed by atoms with Crippen LogP contribution in [0.1, 0.15) is 0 Å². The van der Waals surface area contributed by atoms with Gasteiger partial charge in [-0.15, -0.1) is 0 Å². The van der Waals surface area contributed by atoms with Crippen LogP contribution in [-0.2, 0) is 0 Å². The summed E-state index contributed by atoms with van der Waals surface area (Å²) in [6.45, 7) is 19.4. The van der Waals surface area contributed by atoms with Gasteiger partial charge in [-0.1, -0.05) is 39.3 Å². The number of hydrogen-bond donors (Lipinski definition) is 1. The molecule has 0 rings (SSSR count). The SMILES string of the molecule is C[Si](C)N[Si](C)(C)N([Si](C)C)[Si](C)C. The Morgan fingerprint density at radius 2 is 1.21 bits per heavy atom. The van der Waals surface area contributed by atoms with Crippen molar-refractivity contribution in [1.29, 1.82) is 0 Å². The second-order valence-electron chi connectivity index (χ2n) is 4.91. The summed E-state index contributed by atoms with van der Waals surface area (Å²) >= 11 is 0. The van der Waals surface area contributed by atoms with E-state index in [9.17, 15) is 0 Å². The van der Waals surface area contributed by atoms with Gasteiger partial charge in [-0.25, -0.2) is 0 Å². The molecule has 0 aliphatic carbocycles. The average molecular weight is 262 g/mol. The Morgan fingerprint density at radius 1 is 0.857 bits per heavy atom. The van der Waals surface area contributed by atoms with Crippen LogP contribution < -0.4 is 4.65 Å². The molecule has 0 aromatic heterocycles. The van der Waals surface area contributed by atoms with E-state index in [0.29, 0.717) is 0 Å². The normalized spacial score (nSPS) is 13.7. The predicted molar refractivity (Wildman–Crippen MR) is 74.9 cm³/mol. The average Bonchev–Trinajstić information content (AvgIpc) is 1.77. The first-order chi connectivity index (χ1) is 6.18. The molecule has 1 N–H and O–H groups in total. The molecule has 0 bridgehead atoms.